The highest BCUT2D eigenvalue weighted by molar-refractivity contribution is 6.12. The van der Waals surface area contributed by atoms with Crippen LogP contribution in [0.5, 0.6) is 11.5 Å². The lowest BCUT2D eigenvalue weighted by molar-refractivity contribution is 0.0847. The fourth-order valence-corrected chi connectivity index (χ4v) is 4.61. The molecule has 216 valence electrons. The van der Waals surface area contributed by atoms with Gasteiger partial charge < -0.3 is 9.47 Å². The van der Waals surface area contributed by atoms with Crippen molar-refractivity contribution in [2.45, 2.75) is 19.9 Å². The van der Waals surface area contributed by atoms with Crippen molar-refractivity contribution in [3.63, 3.8) is 0 Å². The number of nitrogens with zero attached hydrogens (tertiary/aromatic N) is 4. The quantitative estimate of drug-likeness (QED) is 0.250. The number of methoxy groups -OCH3 is 2. The number of ether oxygens (including phenoxy) is 2. The first-order valence-corrected chi connectivity index (χ1v) is 13.5. The standard InChI is InChI=1S/C33H29N5O5/c1-20(2)38-27(39)18-16-25(37-38)24-19-34-31(35-29(24)21-11-7-5-8-12-21)28-26(42-3)17-15-23(30(28)43-4)33(41)36-32(40)22-13-9-6-10-14-22/h5-20H,1-4H3,(H,36,40,41). The van der Waals surface area contributed by atoms with Crippen LogP contribution in [0.4, 0.5) is 0 Å². The summed E-state index contributed by atoms with van der Waals surface area (Å²) in [5.74, 6) is -0.489. The second-order valence-electron chi connectivity index (χ2n) is 9.79. The van der Waals surface area contributed by atoms with Gasteiger partial charge in [0.05, 0.1) is 37.2 Å². The molecule has 0 saturated heterocycles. The monoisotopic (exact) mass is 575 g/mol. The number of rotatable bonds is 8. The van der Waals surface area contributed by atoms with Gasteiger partial charge in [-0.15, -0.1) is 0 Å². The molecule has 5 rings (SSSR count). The highest BCUT2D eigenvalue weighted by atomic mass is 16.5. The number of amides is 2. The minimum atomic E-state index is -0.658. The third-order valence-corrected chi connectivity index (χ3v) is 6.70. The molecule has 2 amide bonds. The Balaban J connectivity index is 1.66. The number of benzene rings is 3. The molecule has 5 aromatic rings. The van der Waals surface area contributed by atoms with Crippen LogP contribution in [0.2, 0.25) is 0 Å². The van der Waals surface area contributed by atoms with Crippen molar-refractivity contribution in [3.8, 4) is 45.4 Å². The minimum Gasteiger partial charge on any atom is -0.496 e. The fourth-order valence-electron chi connectivity index (χ4n) is 4.61. The number of imide groups is 1. The van der Waals surface area contributed by atoms with Crippen LogP contribution < -0.4 is 20.3 Å². The van der Waals surface area contributed by atoms with Gasteiger partial charge in [0.2, 0.25) is 0 Å². The van der Waals surface area contributed by atoms with Crippen LogP contribution in [0.15, 0.2) is 95.9 Å². The van der Waals surface area contributed by atoms with E-state index < -0.39 is 11.8 Å². The predicted octanol–water partition coefficient (Wildman–Crippen LogP) is 5.20. The maximum Gasteiger partial charge on any atom is 0.267 e. The largest absolute Gasteiger partial charge is 0.496 e. The van der Waals surface area contributed by atoms with Crippen molar-refractivity contribution >= 4 is 11.8 Å². The Morgan fingerprint density at radius 3 is 2.19 bits per heavy atom. The number of aromatic nitrogens is 4. The first-order chi connectivity index (χ1) is 20.8. The van der Waals surface area contributed by atoms with Crippen LogP contribution in [0.3, 0.4) is 0 Å². The van der Waals surface area contributed by atoms with E-state index in [-0.39, 0.29) is 28.7 Å². The third-order valence-electron chi connectivity index (χ3n) is 6.70. The van der Waals surface area contributed by atoms with Crippen molar-refractivity contribution in [3.05, 3.63) is 113 Å². The number of nitrogens with one attached hydrogen (secondary N) is 1. The summed E-state index contributed by atoms with van der Waals surface area (Å²) in [4.78, 5) is 48.0. The molecule has 43 heavy (non-hydrogen) atoms. The Bertz CT molecular complexity index is 1850. The molecular formula is C33H29N5O5. The van der Waals surface area contributed by atoms with Gasteiger partial charge in [-0.25, -0.2) is 14.6 Å². The van der Waals surface area contributed by atoms with Crippen molar-refractivity contribution in [2.24, 2.45) is 0 Å². The lowest BCUT2D eigenvalue weighted by Crippen LogP contribution is -2.30. The molecular weight excluding hydrogens is 546 g/mol. The Kier molecular flexibility index (Phi) is 8.38. The summed E-state index contributed by atoms with van der Waals surface area (Å²) in [6.45, 7) is 3.76. The minimum absolute atomic E-state index is 0.0993. The van der Waals surface area contributed by atoms with E-state index in [0.717, 1.165) is 5.56 Å². The molecule has 2 aromatic heterocycles. The highest BCUT2D eigenvalue weighted by Crippen LogP contribution is 2.41. The highest BCUT2D eigenvalue weighted by Gasteiger charge is 2.26. The maximum atomic E-state index is 13.3. The molecule has 0 aliphatic heterocycles. The normalized spacial score (nSPS) is 10.8. The summed E-state index contributed by atoms with van der Waals surface area (Å²) >= 11 is 0. The van der Waals surface area contributed by atoms with Crippen molar-refractivity contribution in [1.29, 1.82) is 0 Å². The number of carbonyl (C=O) groups excluding carboxylic acids is 2. The lowest BCUT2D eigenvalue weighted by atomic mass is 10.0. The van der Waals surface area contributed by atoms with E-state index >= 15 is 0 Å². The maximum absolute atomic E-state index is 13.3. The van der Waals surface area contributed by atoms with Crippen LogP contribution in [0.25, 0.3) is 33.9 Å². The van der Waals surface area contributed by atoms with Crippen molar-refractivity contribution < 1.29 is 19.1 Å². The molecule has 0 fully saturated rings. The number of hydrogen-bond acceptors (Lipinski definition) is 8. The Morgan fingerprint density at radius 1 is 0.837 bits per heavy atom. The topological polar surface area (TPSA) is 125 Å². The van der Waals surface area contributed by atoms with E-state index in [1.54, 1.807) is 48.7 Å². The van der Waals surface area contributed by atoms with Gasteiger partial charge in [0.1, 0.15) is 17.1 Å². The summed E-state index contributed by atoms with van der Waals surface area (Å²) in [6, 6.07) is 24.0. The fraction of sp³-hybridized carbons (Fsp3) is 0.152. The van der Waals surface area contributed by atoms with Gasteiger partial charge in [0.25, 0.3) is 17.4 Å². The molecule has 0 aliphatic carbocycles. The molecule has 0 spiro atoms. The zero-order valence-electron chi connectivity index (χ0n) is 24.1. The van der Waals surface area contributed by atoms with Gasteiger partial charge in [-0.3, -0.25) is 19.7 Å². The zero-order valence-corrected chi connectivity index (χ0v) is 24.1. The molecule has 1 N–H and O–H groups in total. The molecule has 0 unspecified atom stereocenters. The lowest BCUT2D eigenvalue weighted by Gasteiger charge is -2.17. The summed E-state index contributed by atoms with van der Waals surface area (Å²) < 4.78 is 12.8. The molecule has 0 radical (unpaired) electrons. The van der Waals surface area contributed by atoms with Crippen LogP contribution in [0, 0.1) is 0 Å². The Labute approximate surface area is 248 Å². The molecule has 10 nitrogen and oxygen atoms in total. The first-order valence-electron chi connectivity index (χ1n) is 13.5. The van der Waals surface area contributed by atoms with E-state index in [2.05, 4.69) is 15.4 Å². The van der Waals surface area contributed by atoms with Gasteiger partial charge in [-0.1, -0.05) is 48.5 Å². The van der Waals surface area contributed by atoms with E-state index in [0.29, 0.717) is 33.8 Å². The van der Waals surface area contributed by atoms with E-state index in [4.69, 9.17) is 14.5 Å². The van der Waals surface area contributed by atoms with Crippen molar-refractivity contribution in [2.75, 3.05) is 14.2 Å². The molecule has 3 aromatic carbocycles. The molecule has 0 aliphatic rings. The molecule has 0 atom stereocenters. The second-order valence-corrected chi connectivity index (χ2v) is 9.79. The smallest absolute Gasteiger partial charge is 0.267 e. The van der Waals surface area contributed by atoms with Gasteiger partial charge in [0.15, 0.2) is 5.82 Å². The summed E-state index contributed by atoms with van der Waals surface area (Å²) in [7, 11) is 2.90. The predicted molar refractivity (Wildman–Crippen MR) is 162 cm³/mol. The second kappa shape index (κ2) is 12.5. The summed E-state index contributed by atoms with van der Waals surface area (Å²) in [5.41, 5.74) is 3.00. The van der Waals surface area contributed by atoms with E-state index in [1.165, 1.54) is 31.0 Å². The summed E-state index contributed by atoms with van der Waals surface area (Å²) in [6.07, 6.45) is 1.62. The van der Waals surface area contributed by atoms with E-state index in [9.17, 15) is 14.4 Å². The average Bonchev–Trinajstić information content (AvgIpc) is 3.04. The SMILES string of the molecule is COc1ccc(C(=O)NC(=O)c2ccccc2)c(OC)c1-c1ncc(-c2ccc(=O)n(C(C)C)n2)c(-c2ccccc2)n1. The first kappa shape index (κ1) is 28.9. The molecule has 0 saturated carbocycles. The van der Waals surface area contributed by atoms with Crippen LogP contribution in [-0.4, -0.2) is 45.8 Å². The van der Waals surface area contributed by atoms with Gasteiger partial charge in [-0.05, 0) is 44.2 Å². The van der Waals surface area contributed by atoms with Gasteiger partial charge in [-0.2, -0.15) is 5.10 Å². The van der Waals surface area contributed by atoms with E-state index in [1.807, 2.05) is 44.2 Å². The van der Waals surface area contributed by atoms with Gasteiger partial charge in [0, 0.05) is 29.0 Å². The van der Waals surface area contributed by atoms with Crippen LogP contribution in [-0.2, 0) is 0 Å². The third kappa shape index (κ3) is 5.89. The molecule has 2 heterocycles. The van der Waals surface area contributed by atoms with Gasteiger partial charge >= 0.3 is 0 Å². The molecule has 0 bridgehead atoms. The van der Waals surface area contributed by atoms with Crippen LogP contribution >= 0.6 is 0 Å². The number of hydrogen-bond donors (Lipinski definition) is 1. The average molecular weight is 576 g/mol. The van der Waals surface area contributed by atoms with Crippen molar-refractivity contribution in [1.82, 2.24) is 25.1 Å². The Hall–Kier alpha value is -5.64. The number of carbonyl (C=O) groups is 2. The summed E-state index contributed by atoms with van der Waals surface area (Å²) in [5, 5.41) is 6.99. The Morgan fingerprint density at radius 2 is 1.53 bits per heavy atom. The zero-order chi connectivity index (χ0) is 30.5. The van der Waals surface area contributed by atoms with Crippen LogP contribution in [0.1, 0.15) is 40.6 Å². The molecule has 10 heteroatoms.